The lowest BCUT2D eigenvalue weighted by Gasteiger charge is -2.11. The number of hydrogen-bond donors (Lipinski definition) is 2. The van der Waals surface area contributed by atoms with Crippen molar-refractivity contribution in [2.75, 3.05) is 10.0 Å². The second kappa shape index (κ2) is 6.29. The molecule has 2 aromatic carbocycles. The number of hydrogen-bond acceptors (Lipinski definition) is 3. The summed E-state index contributed by atoms with van der Waals surface area (Å²) in [4.78, 5) is 9.94. The van der Waals surface area contributed by atoms with Crippen molar-refractivity contribution in [1.29, 1.82) is 0 Å². The minimum absolute atomic E-state index is 0.0142. The van der Waals surface area contributed by atoms with E-state index < -0.39 is 32.4 Å². The Balaban J connectivity index is 2.36. The summed E-state index contributed by atoms with van der Waals surface area (Å²) >= 11 is 0. The highest BCUT2D eigenvalue weighted by molar-refractivity contribution is 7.92. The highest BCUT2D eigenvalue weighted by Crippen LogP contribution is 2.23. The fourth-order valence-corrected chi connectivity index (χ4v) is 2.91. The van der Waals surface area contributed by atoms with E-state index in [0.29, 0.717) is 17.8 Å². The first-order valence-corrected chi connectivity index (χ1v) is 7.73. The van der Waals surface area contributed by atoms with Crippen LogP contribution < -0.4 is 10.0 Å². The van der Waals surface area contributed by atoms with Crippen LogP contribution in [0.25, 0.3) is 0 Å². The van der Waals surface area contributed by atoms with Crippen molar-refractivity contribution in [3.05, 3.63) is 53.8 Å². The number of nitrogens with one attached hydrogen (secondary N) is 2. The highest BCUT2D eigenvalue weighted by Gasteiger charge is 2.24. The van der Waals surface area contributed by atoms with Gasteiger partial charge in [0, 0.05) is 12.6 Å². The number of carbonyl (C=O) groups excluding carboxylic acids is 1. The largest absolute Gasteiger partial charge is 0.326 e. The summed E-state index contributed by atoms with van der Waals surface area (Å²) in [7, 11) is -4.47. The molecule has 23 heavy (non-hydrogen) atoms. The van der Waals surface area contributed by atoms with Crippen molar-refractivity contribution in [3.8, 4) is 0 Å². The van der Waals surface area contributed by atoms with Crippen LogP contribution in [0.3, 0.4) is 0 Å². The molecule has 9 heteroatoms. The Labute approximate surface area is 130 Å². The Kier molecular flexibility index (Phi) is 4.60. The van der Waals surface area contributed by atoms with Gasteiger partial charge in [-0.15, -0.1) is 0 Å². The first-order chi connectivity index (χ1) is 10.7. The Bertz CT molecular complexity index is 870. The summed E-state index contributed by atoms with van der Waals surface area (Å²) in [6, 6.07) is 6.73. The third kappa shape index (κ3) is 3.81. The van der Waals surface area contributed by atoms with E-state index in [1.165, 1.54) is 31.2 Å². The summed E-state index contributed by atoms with van der Waals surface area (Å²) in [6.07, 6.45) is 0. The van der Waals surface area contributed by atoms with E-state index in [1.807, 2.05) is 4.72 Å². The number of amides is 1. The van der Waals surface area contributed by atoms with Gasteiger partial charge in [0.05, 0.1) is 5.69 Å². The molecule has 5 nitrogen and oxygen atoms in total. The molecule has 0 fully saturated rings. The second-order valence-corrected chi connectivity index (χ2v) is 6.19. The van der Waals surface area contributed by atoms with Gasteiger partial charge in [0.1, 0.15) is 4.90 Å². The van der Waals surface area contributed by atoms with Crippen molar-refractivity contribution in [1.82, 2.24) is 0 Å². The van der Waals surface area contributed by atoms with Crippen molar-refractivity contribution in [2.45, 2.75) is 11.8 Å². The Morgan fingerprint density at radius 2 is 1.65 bits per heavy atom. The van der Waals surface area contributed by atoms with E-state index in [2.05, 4.69) is 5.32 Å². The van der Waals surface area contributed by atoms with Gasteiger partial charge < -0.3 is 5.32 Å². The van der Waals surface area contributed by atoms with Gasteiger partial charge in [-0.3, -0.25) is 9.52 Å². The average Bonchev–Trinajstić information content (AvgIpc) is 2.43. The molecule has 2 N–H and O–H groups in total. The van der Waals surface area contributed by atoms with Crippen LogP contribution >= 0.6 is 0 Å². The summed E-state index contributed by atoms with van der Waals surface area (Å²) in [6.45, 7) is 1.27. The highest BCUT2D eigenvalue weighted by atomic mass is 32.2. The van der Waals surface area contributed by atoms with Gasteiger partial charge in [-0.05, 0) is 30.3 Å². The van der Waals surface area contributed by atoms with E-state index in [9.17, 15) is 26.4 Å². The van der Waals surface area contributed by atoms with E-state index in [4.69, 9.17) is 0 Å². The summed E-state index contributed by atoms with van der Waals surface area (Å²) in [5, 5.41) is 2.44. The molecule has 0 radical (unpaired) electrons. The third-order valence-corrected chi connectivity index (χ3v) is 4.12. The summed E-state index contributed by atoms with van der Waals surface area (Å²) in [5.41, 5.74) is 0.323. The van der Waals surface area contributed by atoms with Crippen LogP contribution in [-0.4, -0.2) is 14.3 Å². The van der Waals surface area contributed by atoms with Gasteiger partial charge in [-0.1, -0.05) is 6.07 Å². The first-order valence-electron chi connectivity index (χ1n) is 6.24. The second-order valence-electron chi connectivity index (χ2n) is 4.54. The number of benzene rings is 2. The van der Waals surface area contributed by atoms with Crippen LogP contribution in [0.4, 0.5) is 24.5 Å². The smallest absolute Gasteiger partial charge is 0.264 e. The van der Waals surface area contributed by atoms with Crippen molar-refractivity contribution in [3.63, 3.8) is 0 Å². The predicted molar refractivity (Wildman–Crippen MR) is 77.9 cm³/mol. The van der Waals surface area contributed by atoms with Crippen LogP contribution in [0.2, 0.25) is 0 Å². The van der Waals surface area contributed by atoms with Crippen molar-refractivity contribution >= 4 is 27.3 Å². The van der Waals surface area contributed by atoms with Gasteiger partial charge in [0.25, 0.3) is 10.0 Å². The van der Waals surface area contributed by atoms with Crippen molar-refractivity contribution < 1.29 is 26.4 Å². The fraction of sp³-hybridized carbons (Fsp3) is 0.0714. The fourth-order valence-electron chi connectivity index (χ4n) is 1.79. The van der Waals surface area contributed by atoms with Gasteiger partial charge in [-0.25, -0.2) is 21.6 Å². The molecule has 2 aromatic rings. The van der Waals surface area contributed by atoms with Crippen LogP contribution in [0.1, 0.15) is 6.92 Å². The maximum atomic E-state index is 13.6. The van der Waals surface area contributed by atoms with Gasteiger partial charge >= 0.3 is 0 Å². The maximum absolute atomic E-state index is 13.6. The molecule has 0 saturated heterocycles. The lowest BCUT2D eigenvalue weighted by molar-refractivity contribution is -0.114. The molecule has 0 aliphatic rings. The lowest BCUT2D eigenvalue weighted by atomic mass is 10.3. The lowest BCUT2D eigenvalue weighted by Crippen LogP contribution is -2.16. The van der Waals surface area contributed by atoms with Crippen molar-refractivity contribution in [2.24, 2.45) is 0 Å². The molecular weight excluding hydrogens is 333 g/mol. The third-order valence-electron chi connectivity index (χ3n) is 2.72. The van der Waals surface area contributed by atoms with E-state index in [0.717, 1.165) is 0 Å². The normalized spacial score (nSPS) is 11.1. The Hall–Kier alpha value is -2.55. The molecule has 0 aromatic heterocycles. The molecular formula is C14H11F3N2O3S. The van der Waals surface area contributed by atoms with Crippen LogP contribution in [0, 0.1) is 17.5 Å². The number of sulfonamides is 1. The molecule has 0 heterocycles. The SMILES string of the molecule is CC(=O)Nc1cccc(NS(=O)(=O)c2ccc(F)c(F)c2F)c1. The van der Waals surface area contributed by atoms with E-state index in [-0.39, 0.29) is 11.6 Å². The molecule has 0 saturated carbocycles. The molecule has 0 aliphatic heterocycles. The quantitative estimate of drug-likeness (QED) is 0.838. The number of rotatable bonds is 4. The minimum atomic E-state index is -4.47. The number of anilines is 2. The standard InChI is InChI=1S/C14H11F3N2O3S/c1-8(20)18-9-3-2-4-10(7-9)19-23(21,22)12-6-5-11(15)13(16)14(12)17/h2-7,19H,1H3,(H,18,20). The summed E-state index contributed by atoms with van der Waals surface area (Å²) < 4.78 is 65.9. The Morgan fingerprint density at radius 1 is 1.00 bits per heavy atom. The number of halogens is 3. The van der Waals surface area contributed by atoms with E-state index in [1.54, 1.807) is 0 Å². The average molecular weight is 344 g/mol. The van der Waals surface area contributed by atoms with Gasteiger partial charge in [0.15, 0.2) is 17.5 Å². The molecule has 0 bridgehead atoms. The molecule has 2 rings (SSSR count). The number of carbonyl (C=O) groups is 1. The maximum Gasteiger partial charge on any atom is 0.264 e. The Morgan fingerprint density at radius 3 is 2.30 bits per heavy atom. The van der Waals surface area contributed by atoms with Gasteiger partial charge in [0.2, 0.25) is 5.91 Å². The molecule has 0 unspecified atom stereocenters. The van der Waals surface area contributed by atoms with Crippen LogP contribution in [0.15, 0.2) is 41.3 Å². The van der Waals surface area contributed by atoms with Crippen LogP contribution in [0.5, 0.6) is 0 Å². The monoisotopic (exact) mass is 344 g/mol. The zero-order valence-corrected chi connectivity index (χ0v) is 12.5. The molecule has 0 aliphatic carbocycles. The molecule has 0 atom stereocenters. The van der Waals surface area contributed by atoms with Crippen LogP contribution in [-0.2, 0) is 14.8 Å². The zero-order chi connectivity index (χ0) is 17.2. The van der Waals surface area contributed by atoms with E-state index >= 15 is 0 Å². The zero-order valence-electron chi connectivity index (χ0n) is 11.7. The predicted octanol–water partition coefficient (Wildman–Crippen LogP) is 2.86. The minimum Gasteiger partial charge on any atom is -0.326 e. The summed E-state index contributed by atoms with van der Waals surface area (Å²) in [5.74, 6) is -5.54. The molecule has 0 spiro atoms. The first kappa shape index (κ1) is 16.8. The molecule has 1 amide bonds. The topological polar surface area (TPSA) is 75.3 Å². The van der Waals surface area contributed by atoms with Gasteiger partial charge in [-0.2, -0.15) is 0 Å². The molecule has 122 valence electrons.